The third kappa shape index (κ3) is 6.42. The Kier molecular flexibility index (Phi) is 7.58. The predicted molar refractivity (Wildman–Crippen MR) is 131 cm³/mol. The molecule has 0 fully saturated rings. The molecule has 11 heteroatoms. The van der Waals surface area contributed by atoms with Gasteiger partial charge in [-0.2, -0.15) is 18.3 Å². The number of carbonyl (C=O) groups excluding carboxylic acids is 1. The fourth-order valence-corrected chi connectivity index (χ4v) is 3.99. The van der Waals surface area contributed by atoms with Gasteiger partial charge in [-0.15, -0.1) is 0 Å². The highest BCUT2D eigenvalue weighted by atomic mass is 32.2. The lowest BCUT2D eigenvalue weighted by atomic mass is 10.1. The Bertz CT molecular complexity index is 1360. The van der Waals surface area contributed by atoms with Crippen molar-refractivity contribution in [3.63, 3.8) is 0 Å². The molecule has 0 aliphatic heterocycles. The first-order valence-electron chi connectivity index (χ1n) is 10.8. The van der Waals surface area contributed by atoms with Crippen molar-refractivity contribution in [3.05, 3.63) is 83.7 Å². The summed E-state index contributed by atoms with van der Waals surface area (Å²) in [6.07, 6.45) is -2.92. The van der Waals surface area contributed by atoms with E-state index in [1.165, 1.54) is 7.11 Å². The van der Waals surface area contributed by atoms with Crippen molar-refractivity contribution >= 4 is 23.5 Å². The van der Waals surface area contributed by atoms with Crippen molar-refractivity contribution in [2.45, 2.75) is 24.8 Å². The lowest BCUT2D eigenvalue weighted by molar-refractivity contribution is -0.141. The van der Waals surface area contributed by atoms with Crippen LogP contribution in [0.25, 0.3) is 11.3 Å². The second-order valence-electron chi connectivity index (χ2n) is 7.81. The summed E-state index contributed by atoms with van der Waals surface area (Å²) in [4.78, 5) is 20.3. The summed E-state index contributed by atoms with van der Waals surface area (Å²) < 4.78 is 47.1. The summed E-state index contributed by atoms with van der Waals surface area (Å²) in [5.74, 6) is 0.288. The molecule has 1 N–H and O–H groups in total. The van der Waals surface area contributed by atoms with Crippen LogP contribution in [-0.4, -0.2) is 38.5 Å². The highest BCUT2D eigenvalue weighted by Crippen LogP contribution is 2.32. The first-order valence-corrected chi connectivity index (χ1v) is 11.8. The van der Waals surface area contributed by atoms with Gasteiger partial charge in [-0.25, -0.2) is 9.97 Å². The minimum Gasteiger partial charge on any atom is -0.497 e. The molecule has 0 aliphatic carbocycles. The SMILES string of the molecule is COc1ccc(-c2cc(C(F)(F)F)nc(SCC(=O)Nc3ccn(Cc4ccccc4C)n3)n2)cc1. The maximum atomic E-state index is 13.4. The molecule has 0 bridgehead atoms. The van der Waals surface area contributed by atoms with Crippen LogP contribution in [0.3, 0.4) is 0 Å². The average molecular weight is 514 g/mol. The molecule has 0 atom stereocenters. The van der Waals surface area contributed by atoms with Gasteiger partial charge in [-0.05, 0) is 48.4 Å². The molecular weight excluding hydrogens is 491 g/mol. The number of amides is 1. The Morgan fingerprint density at radius 3 is 2.53 bits per heavy atom. The number of carbonyl (C=O) groups is 1. The van der Waals surface area contributed by atoms with Crippen LogP contribution in [0, 0.1) is 6.92 Å². The van der Waals surface area contributed by atoms with Crippen LogP contribution in [0.15, 0.2) is 72.0 Å². The normalized spacial score (nSPS) is 11.4. The molecule has 1 amide bonds. The summed E-state index contributed by atoms with van der Waals surface area (Å²) in [5.41, 5.74) is 1.71. The van der Waals surface area contributed by atoms with E-state index in [4.69, 9.17) is 4.74 Å². The van der Waals surface area contributed by atoms with E-state index in [2.05, 4.69) is 20.4 Å². The van der Waals surface area contributed by atoms with E-state index in [0.29, 0.717) is 23.7 Å². The van der Waals surface area contributed by atoms with Gasteiger partial charge < -0.3 is 10.1 Å². The molecular formula is C25H22F3N5O2S. The lowest BCUT2D eigenvalue weighted by Crippen LogP contribution is -2.16. The quantitative estimate of drug-likeness (QED) is 0.249. The molecule has 0 saturated carbocycles. The monoisotopic (exact) mass is 513 g/mol. The summed E-state index contributed by atoms with van der Waals surface area (Å²) >= 11 is 0.812. The van der Waals surface area contributed by atoms with Crippen molar-refractivity contribution in [1.29, 1.82) is 0 Å². The predicted octanol–water partition coefficient (Wildman–Crippen LogP) is 5.46. The number of aryl methyl sites for hydroxylation is 1. The van der Waals surface area contributed by atoms with Gasteiger partial charge in [0.2, 0.25) is 5.91 Å². The van der Waals surface area contributed by atoms with Gasteiger partial charge in [-0.1, -0.05) is 36.0 Å². The number of thioether (sulfide) groups is 1. The van der Waals surface area contributed by atoms with Crippen molar-refractivity contribution in [3.8, 4) is 17.0 Å². The Labute approximate surface area is 209 Å². The molecule has 36 heavy (non-hydrogen) atoms. The molecule has 2 heterocycles. The minimum absolute atomic E-state index is 0.0952. The fraction of sp³-hybridized carbons (Fsp3) is 0.200. The van der Waals surface area contributed by atoms with Crippen molar-refractivity contribution in [2.24, 2.45) is 0 Å². The molecule has 4 aromatic rings. The first-order chi connectivity index (χ1) is 17.2. The largest absolute Gasteiger partial charge is 0.497 e. The standard InChI is InChI=1S/C25H22F3N5O2S/c1-16-5-3-4-6-18(16)14-33-12-11-22(32-33)31-23(34)15-36-24-29-20(13-21(30-24)25(26,27)28)17-7-9-19(35-2)10-8-17/h3-13H,14-15H2,1-2H3,(H,31,32,34). The molecule has 4 rings (SSSR count). The molecule has 2 aromatic carbocycles. The molecule has 7 nitrogen and oxygen atoms in total. The lowest BCUT2D eigenvalue weighted by Gasteiger charge is -2.11. The highest BCUT2D eigenvalue weighted by molar-refractivity contribution is 7.99. The Hall–Kier alpha value is -3.86. The summed E-state index contributed by atoms with van der Waals surface area (Å²) in [7, 11) is 1.50. The number of aromatic nitrogens is 4. The zero-order valence-corrected chi connectivity index (χ0v) is 20.2. The van der Waals surface area contributed by atoms with Crippen LogP contribution >= 0.6 is 11.8 Å². The fourth-order valence-electron chi connectivity index (χ4n) is 3.33. The smallest absolute Gasteiger partial charge is 0.433 e. The van der Waals surface area contributed by atoms with Crippen LogP contribution in [0.5, 0.6) is 5.75 Å². The van der Waals surface area contributed by atoms with Gasteiger partial charge in [0.1, 0.15) is 11.4 Å². The second-order valence-corrected chi connectivity index (χ2v) is 8.75. The molecule has 2 aromatic heterocycles. The summed E-state index contributed by atoms with van der Waals surface area (Å²) in [5, 5.41) is 6.84. The van der Waals surface area contributed by atoms with Gasteiger partial charge in [0, 0.05) is 17.8 Å². The van der Waals surface area contributed by atoms with Gasteiger partial charge >= 0.3 is 6.18 Å². The maximum absolute atomic E-state index is 13.4. The number of rotatable bonds is 8. The first kappa shape index (κ1) is 25.2. The van der Waals surface area contributed by atoms with E-state index < -0.39 is 17.8 Å². The average Bonchev–Trinajstić information content (AvgIpc) is 3.30. The Morgan fingerprint density at radius 2 is 1.83 bits per heavy atom. The van der Waals surface area contributed by atoms with Crippen LogP contribution < -0.4 is 10.1 Å². The number of nitrogens with zero attached hydrogens (tertiary/aromatic N) is 4. The second kappa shape index (κ2) is 10.8. The van der Waals surface area contributed by atoms with Gasteiger partial charge in [0.25, 0.3) is 0 Å². The molecule has 0 unspecified atom stereocenters. The van der Waals surface area contributed by atoms with E-state index in [9.17, 15) is 18.0 Å². The number of benzene rings is 2. The summed E-state index contributed by atoms with van der Waals surface area (Å²) in [6.45, 7) is 2.55. The van der Waals surface area contributed by atoms with E-state index in [-0.39, 0.29) is 16.6 Å². The number of hydrogen-bond donors (Lipinski definition) is 1. The maximum Gasteiger partial charge on any atom is 0.433 e. The van der Waals surface area contributed by atoms with Crippen LogP contribution in [0.4, 0.5) is 19.0 Å². The Balaban J connectivity index is 1.43. The van der Waals surface area contributed by atoms with E-state index in [0.717, 1.165) is 29.0 Å². The molecule has 0 spiro atoms. The number of methoxy groups -OCH3 is 1. The highest BCUT2D eigenvalue weighted by Gasteiger charge is 2.34. The zero-order chi connectivity index (χ0) is 25.7. The van der Waals surface area contributed by atoms with Crippen LogP contribution in [0.1, 0.15) is 16.8 Å². The van der Waals surface area contributed by atoms with Gasteiger partial charge in [-0.3, -0.25) is 9.48 Å². The number of hydrogen-bond acceptors (Lipinski definition) is 6. The number of alkyl halides is 3. The third-order valence-electron chi connectivity index (χ3n) is 5.22. The van der Waals surface area contributed by atoms with Crippen molar-refractivity contribution in [2.75, 3.05) is 18.2 Å². The van der Waals surface area contributed by atoms with Gasteiger partial charge in [0.05, 0.1) is 25.1 Å². The zero-order valence-electron chi connectivity index (χ0n) is 19.4. The number of anilines is 1. The van der Waals surface area contributed by atoms with E-state index in [1.54, 1.807) is 41.2 Å². The van der Waals surface area contributed by atoms with Crippen LogP contribution in [0.2, 0.25) is 0 Å². The summed E-state index contributed by atoms with van der Waals surface area (Å²) in [6, 6.07) is 16.9. The van der Waals surface area contributed by atoms with E-state index in [1.807, 2.05) is 31.2 Å². The molecule has 0 radical (unpaired) electrons. The minimum atomic E-state index is -4.66. The van der Waals surface area contributed by atoms with E-state index >= 15 is 0 Å². The molecule has 186 valence electrons. The molecule has 0 saturated heterocycles. The van der Waals surface area contributed by atoms with Crippen molar-refractivity contribution in [1.82, 2.24) is 19.7 Å². The Morgan fingerprint density at radius 1 is 1.08 bits per heavy atom. The van der Waals surface area contributed by atoms with Gasteiger partial charge in [0.15, 0.2) is 11.0 Å². The number of nitrogens with one attached hydrogen (secondary N) is 1. The number of halogens is 3. The third-order valence-corrected chi connectivity index (χ3v) is 6.06. The topological polar surface area (TPSA) is 81.9 Å². The van der Waals surface area contributed by atoms with Crippen LogP contribution in [-0.2, 0) is 17.5 Å². The molecule has 0 aliphatic rings. The van der Waals surface area contributed by atoms with Crippen molar-refractivity contribution < 1.29 is 22.7 Å². The number of ether oxygens (including phenoxy) is 1.